The lowest BCUT2D eigenvalue weighted by Gasteiger charge is -2.34. The van der Waals surface area contributed by atoms with Crippen molar-refractivity contribution in [3.8, 4) is 0 Å². The van der Waals surface area contributed by atoms with Crippen LogP contribution in [0.2, 0.25) is 0 Å². The van der Waals surface area contributed by atoms with Gasteiger partial charge in [0.2, 0.25) is 5.91 Å². The van der Waals surface area contributed by atoms with E-state index in [1.165, 1.54) is 0 Å². The summed E-state index contributed by atoms with van der Waals surface area (Å²) in [4.78, 5) is 13.6. The maximum absolute atomic E-state index is 11.8. The second-order valence-electron chi connectivity index (χ2n) is 4.18. The minimum atomic E-state index is -0.0176. The fraction of sp³-hybridized carbons (Fsp3) is 0.417. The van der Waals surface area contributed by atoms with Crippen LogP contribution in [0.15, 0.2) is 18.2 Å². The Morgan fingerprint density at radius 2 is 2.25 bits per heavy atom. The highest BCUT2D eigenvalue weighted by Gasteiger charge is 2.26. The number of fused-ring (bicyclic) bond motifs is 1. The van der Waals surface area contributed by atoms with Crippen LogP contribution in [0.4, 0.5) is 11.4 Å². The first kappa shape index (κ1) is 11.0. The number of carbonyl (C=O) groups excluding carboxylic acids is 1. The summed E-state index contributed by atoms with van der Waals surface area (Å²) in [7, 11) is 0. The van der Waals surface area contributed by atoms with Crippen LogP contribution in [0.25, 0.3) is 0 Å². The van der Waals surface area contributed by atoms with E-state index in [-0.39, 0.29) is 18.6 Å². The number of hydrogen-bond donors (Lipinski definition) is 2. The largest absolute Gasteiger partial charge is 0.392 e. The number of rotatable bonds is 2. The highest BCUT2D eigenvalue weighted by molar-refractivity contribution is 6.03. The monoisotopic (exact) mass is 220 g/mol. The second-order valence-corrected chi connectivity index (χ2v) is 4.18. The van der Waals surface area contributed by atoms with Crippen molar-refractivity contribution in [2.75, 3.05) is 16.8 Å². The molecule has 0 saturated carbocycles. The molecule has 1 aliphatic heterocycles. The van der Waals surface area contributed by atoms with E-state index in [1.54, 1.807) is 4.90 Å². The van der Waals surface area contributed by atoms with Crippen molar-refractivity contribution in [3.05, 3.63) is 23.8 Å². The molecule has 0 fully saturated rings. The van der Waals surface area contributed by atoms with Gasteiger partial charge in [0.1, 0.15) is 0 Å². The average Bonchev–Trinajstić information content (AvgIpc) is 2.27. The Kier molecular flexibility index (Phi) is 2.83. The molecule has 1 aromatic rings. The van der Waals surface area contributed by atoms with Crippen molar-refractivity contribution in [2.24, 2.45) is 0 Å². The summed E-state index contributed by atoms with van der Waals surface area (Å²) < 4.78 is 0. The minimum Gasteiger partial charge on any atom is -0.392 e. The number of nitrogens with zero attached hydrogens (tertiary/aromatic N) is 1. The molecule has 0 unspecified atom stereocenters. The van der Waals surface area contributed by atoms with Gasteiger partial charge in [0.15, 0.2) is 0 Å². The fourth-order valence-electron chi connectivity index (χ4n) is 2.07. The maximum atomic E-state index is 11.8. The van der Waals surface area contributed by atoms with Crippen molar-refractivity contribution in [1.29, 1.82) is 0 Å². The van der Waals surface area contributed by atoms with Crippen molar-refractivity contribution >= 4 is 17.3 Å². The maximum Gasteiger partial charge on any atom is 0.246 e. The summed E-state index contributed by atoms with van der Waals surface area (Å²) in [5.41, 5.74) is 2.56. The van der Waals surface area contributed by atoms with Crippen LogP contribution in [0.3, 0.4) is 0 Å². The number of para-hydroxylation sites is 1. The van der Waals surface area contributed by atoms with Crippen molar-refractivity contribution < 1.29 is 9.90 Å². The van der Waals surface area contributed by atoms with E-state index in [9.17, 15) is 9.90 Å². The van der Waals surface area contributed by atoms with Crippen molar-refractivity contribution in [3.63, 3.8) is 0 Å². The third-order valence-electron chi connectivity index (χ3n) is 2.76. The van der Waals surface area contributed by atoms with E-state index >= 15 is 0 Å². The Bertz CT molecular complexity index is 415. The lowest BCUT2D eigenvalue weighted by molar-refractivity contribution is -0.117. The number of carbonyl (C=O) groups is 1. The van der Waals surface area contributed by atoms with Gasteiger partial charge in [-0.05, 0) is 19.9 Å². The van der Waals surface area contributed by atoms with Crippen LogP contribution >= 0.6 is 0 Å². The van der Waals surface area contributed by atoms with Crippen molar-refractivity contribution in [1.82, 2.24) is 0 Å². The van der Waals surface area contributed by atoms with Crippen molar-refractivity contribution in [2.45, 2.75) is 26.5 Å². The summed E-state index contributed by atoms with van der Waals surface area (Å²) in [6, 6.07) is 5.75. The molecule has 86 valence electrons. The van der Waals surface area contributed by atoms with E-state index in [0.717, 1.165) is 16.9 Å². The topological polar surface area (TPSA) is 52.6 Å². The molecular weight excluding hydrogens is 204 g/mol. The number of aliphatic hydroxyl groups is 1. The Morgan fingerprint density at radius 1 is 1.50 bits per heavy atom. The molecule has 0 aromatic heterocycles. The van der Waals surface area contributed by atoms with E-state index in [4.69, 9.17) is 0 Å². The van der Waals surface area contributed by atoms with E-state index in [1.807, 2.05) is 32.0 Å². The van der Waals surface area contributed by atoms with Crippen LogP contribution in [0.1, 0.15) is 19.4 Å². The SMILES string of the molecule is CC(C)N1C(=O)CNc2c(CO)cccc21. The summed E-state index contributed by atoms with van der Waals surface area (Å²) >= 11 is 0. The van der Waals surface area contributed by atoms with Gasteiger partial charge in [-0.2, -0.15) is 0 Å². The molecule has 1 aliphatic rings. The van der Waals surface area contributed by atoms with Gasteiger partial charge in [0, 0.05) is 11.6 Å². The molecule has 0 aliphatic carbocycles. The lowest BCUT2D eigenvalue weighted by atomic mass is 10.1. The number of nitrogens with one attached hydrogen (secondary N) is 1. The molecule has 4 nitrogen and oxygen atoms in total. The third kappa shape index (κ3) is 1.65. The van der Waals surface area contributed by atoms with Gasteiger partial charge in [-0.3, -0.25) is 4.79 Å². The van der Waals surface area contributed by atoms with E-state index < -0.39 is 0 Å². The predicted octanol–water partition coefficient (Wildman–Crippen LogP) is 1.35. The van der Waals surface area contributed by atoms with Crippen LogP contribution in [-0.2, 0) is 11.4 Å². The number of hydrogen-bond acceptors (Lipinski definition) is 3. The molecule has 2 N–H and O–H groups in total. The molecule has 1 amide bonds. The highest BCUT2D eigenvalue weighted by atomic mass is 16.3. The molecule has 0 radical (unpaired) electrons. The Labute approximate surface area is 94.9 Å². The molecule has 16 heavy (non-hydrogen) atoms. The second kappa shape index (κ2) is 4.14. The van der Waals surface area contributed by atoms with Gasteiger partial charge >= 0.3 is 0 Å². The van der Waals surface area contributed by atoms with E-state index in [2.05, 4.69) is 5.32 Å². The van der Waals surface area contributed by atoms with Gasteiger partial charge in [-0.1, -0.05) is 12.1 Å². The first-order valence-corrected chi connectivity index (χ1v) is 5.44. The van der Waals surface area contributed by atoms with Crippen LogP contribution in [0, 0.1) is 0 Å². The number of amides is 1. The van der Waals surface area contributed by atoms with Crippen LogP contribution in [-0.4, -0.2) is 23.6 Å². The van der Waals surface area contributed by atoms with Gasteiger partial charge in [-0.15, -0.1) is 0 Å². The molecule has 0 saturated heterocycles. The van der Waals surface area contributed by atoms with Gasteiger partial charge in [0.05, 0.1) is 24.5 Å². The van der Waals surface area contributed by atoms with Crippen LogP contribution in [0.5, 0.6) is 0 Å². The summed E-state index contributed by atoms with van der Waals surface area (Å²) in [6.45, 7) is 4.25. The standard InChI is InChI=1S/C12H16N2O2/c1-8(2)14-10-5-3-4-9(7-15)12(10)13-6-11(14)16/h3-5,8,13,15H,6-7H2,1-2H3. The average molecular weight is 220 g/mol. The third-order valence-corrected chi connectivity index (χ3v) is 2.76. The molecular formula is C12H16N2O2. The minimum absolute atomic E-state index is 0.0176. The molecule has 0 atom stereocenters. The molecule has 1 aromatic carbocycles. The first-order chi connectivity index (χ1) is 7.65. The zero-order valence-electron chi connectivity index (χ0n) is 9.53. The molecule has 4 heteroatoms. The Hall–Kier alpha value is -1.55. The highest BCUT2D eigenvalue weighted by Crippen LogP contribution is 2.33. The first-order valence-electron chi connectivity index (χ1n) is 5.44. The summed E-state index contributed by atoms with van der Waals surface area (Å²) in [5, 5.41) is 12.3. The zero-order valence-corrected chi connectivity index (χ0v) is 9.53. The Balaban J connectivity index is 2.52. The molecule has 1 heterocycles. The number of aliphatic hydroxyl groups excluding tert-OH is 1. The fourth-order valence-corrected chi connectivity index (χ4v) is 2.07. The molecule has 2 rings (SSSR count). The number of anilines is 2. The quantitative estimate of drug-likeness (QED) is 0.791. The summed E-state index contributed by atoms with van der Waals surface area (Å²) in [5.74, 6) is 0.0672. The lowest BCUT2D eigenvalue weighted by Crippen LogP contribution is -2.44. The van der Waals surface area contributed by atoms with E-state index in [0.29, 0.717) is 6.54 Å². The Morgan fingerprint density at radius 3 is 2.88 bits per heavy atom. The van der Waals surface area contributed by atoms with Gasteiger partial charge < -0.3 is 15.3 Å². The van der Waals surface area contributed by atoms with Crippen LogP contribution < -0.4 is 10.2 Å². The predicted molar refractivity (Wildman–Crippen MR) is 63.5 cm³/mol. The zero-order chi connectivity index (χ0) is 11.7. The van der Waals surface area contributed by atoms with Gasteiger partial charge in [-0.25, -0.2) is 0 Å². The normalized spacial score (nSPS) is 15.0. The number of benzene rings is 1. The molecule has 0 spiro atoms. The summed E-state index contributed by atoms with van der Waals surface area (Å²) in [6.07, 6.45) is 0. The smallest absolute Gasteiger partial charge is 0.246 e. The molecule has 0 bridgehead atoms. The van der Waals surface area contributed by atoms with Gasteiger partial charge in [0.25, 0.3) is 0 Å².